The second-order valence-corrected chi connectivity index (χ2v) is 7.35. The molecular formula is C20H30N4O3. The molecule has 0 saturated carbocycles. The second-order valence-electron chi connectivity index (χ2n) is 7.35. The van der Waals surface area contributed by atoms with Gasteiger partial charge in [0.05, 0.1) is 6.54 Å². The van der Waals surface area contributed by atoms with Gasteiger partial charge in [-0.3, -0.25) is 19.8 Å². The summed E-state index contributed by atoms with van der Waals surface area (Å²) in [6.45, 7) is 9.61. The van der Waals surface area contributed by atoms with Crippen molar-refractivity contribution in [1.82, 2.24) is 15.5 Å². The monoisotopic (exact) mass is 374 g/mol. The molecule has 1 heterocycles. The summed E-state index contributed by atoms with van der Waals surface area (Å²) in [6.07, 6.45) is 0.886. The summed E-state index contributed by atoms with van der Waals surface area (Å²) in [5.74, 6) is 0.290. The Balaban J connectivity index is 1.71. The van der Waals surface area contributed by atoms with Crippen molar-refractivity contribution in [3.8, 4) is 0 Å². The molecule has 0 radical (unpaired) electrons. The van der Waals surface area contributed by atoms with E-state index in [0.717, 1.165) is 38.3 Å². The van der Waals surface area contributed by atoms with Gasteiger partial charge in [0.15, 0.2) is 5.78 Å². The van der Waals surface area contributed by atoms with Crippen molar-refractivity contribution in [3.63, 3.8) is 0 Å². The summed E-state index contributed by atoms with van der Waals surface area (Å²) in [5.41, 5.74) is 1.79. The van der Waals surface area contributed by atoms with E-state index >= 15 is 0 Å². The Kier molecular flexibility index (Phi) is 7.79. The SMILES string of the molecule is CC(=O)c1ccc(N2CCN(CC(=O)NC(=O)NCCC(C)C)CC2)cc1. The number of hydrogen-bond donors (Lipinski definition) is 2. The highest BCUT2D eigenvalue weighted by molar-refractivity contribution is 5.95. The molecule has 0 bridgehead atoms. The van der Waals surface area contributed by atoms with Crippen LogP contribution in [0.4, 0.5) is 10.5 Å². The van der Waals surface area contributed by atoms with E-state index in [1.165, 1.54) is 0 Å². The number of amides is 3. The van der Waals surface area contributed by atoms with E-state index in [9.17, 15) is 14.4 Å². The van der Waals surface area contributed by atoms with Crippen molar-refractivity contribution in [2.75, 3.05) is 44.2 Å². The lowest BCUT2D eigenvalue weighted by Gasteiger charge is -2.35. The van der Waals surface area contributed by atoms with E-state index in [2.05, 4.69) is 29.4 Å². The van der Waals surface area contributed by atoms with Crippen molar-refractivity contribution in [2.24, 2.45) is 5.92 Å². The molecule has 2 rings (SSSR count). The van der Waals surface area contributed by atoms with Crippen molar-refractivity contribution < 1.29 is 14.4 Å². The first kappa shape index (κ1) is 20.9. The summed E-state index contributed by atoms with van der Waals surface area (Å²) in [7, 11) is 0. The normalized spacial score (nSPS) is 14.9. The molecule has 1 aromatic carbocycles. The lowest BCUT2D eigenvalue weighted by molar-refractivity contribution is -0.121. The summed E-state index contributed by atoms with van der Waals surface area (Å²) < 4.78 is 0. The van der Waals surface area contributed by atoms with Crippen LogP contribution in [0.25, 0.3) is 0 Å². The predicted octanol–water partition coefficient (Wildman–Crippen LogP) is 1.88. The van der Waals surface area contributed by atoms with E-state index in [-0.39, 0.29) is 18.2 Å². The lowest BCUT2D eigenvalue weighted by atomic mass is 10.1. The van der Waals surface area contributed by atoms with Crippen LogP contribution in [0.15, 0.2) is 24.3 Å². The van der Waals surface area contributed by atoms with Gasteiger partial charge in [-0.05, 0) is 43.5 Å². The van der Waals surface area contributed by atoms with E-state index in [1.54, 1.807) is 6.92 Å². The highest BCUT2D eigenvalue weighted by atomic mass is 16.2. The van der Waals surface area contributed by atoms with Crippen LogP contribution in [-0.4, -0.2) is 61.9 Å². The number of ketones is 1. The topological polar surface area (TPSA) is 81.8 Å². The quantitative estimate of drug-likeness (QED) is 0.712. The molecule has 0 unspecified atom stereocenters. The van der Waals surface area contributed by atoms with Crippen LogP contribution >= 0.6 is 0 Å². The van der Waals surface area contributed by atoms with Crippen LogP contribution in [0.3, 0.4) is 0 Å². The van der Waals surface area contributed by atoms with Gasteiger partial charge in [-0.1, -0.05) is 13.8 Å². The molecule has 1 aliphatic heterocycles. The third-order valence-electron chi connectivity index (χ3n) is 4.64. The molecule has 1 aliphatic rings. The predicted molar refractivity (Wildman–Crippen MR) is 106 cm³/mol. The Morgan fingerprint density at radius 3 is 2.22 bits per heavy atom. The minimum atomic E-state index is -0.426. The number of carbonyl (C=O) groups excluding carboxylic acids is 3. The van der Waals surface area contributed by atoms with Crippen LogP contribution in [0.5, 0.6) is 0 Å². The molecule has 0 aliphatic carbocycles. The molecule has 0 atom stereocenters. The van der Waals surface area contributed by atoms with Gasteiger partial charge in [0.1, 0.15) is 0 Å². The number of rotatable bonds is 7. The van der Waals surface area contributed by atoms with Crippen LogP contribution in [0.2, 0.25) is 0 Å². The van der Waals surface area contributed by atoms with Gasteiger partial charge in [-0.15, -0.1) is 0 Å². The molecule has 0 aromatic heterocycles. The largest absolute Gasteiger partial charge is 0.369 e. The van der Waals surface area contributed by atoms with Gasteiger partial charge in [0.25, 0.3) is 0 Å². The number of imide groups is 1. The second kappa shape index (κ2) is 10.1. The number of nitrogens with one attached hydrogen (secondary N) is 2. The number of anilines is 1. The number of Topliss-reactive ketones (excluding diaryl/α,β-unsaturated/α-hetero) is 1. The first-order valence-electron chi connectivity index (χ1n) is 9.51. The van der Waals surface area contributed by atoms with Crippen LogP contribution in [0.1, 0.15) is 37.6 Å². The summed E-state index contributed by atoms with van der Waals surface area (Å²) >= 11 is 0. The van der Waals surface area contributed by atoms with Crippen molar-refractivity contribution in [3.05, 3.63) is 29.8 Å². The van der Waals surface area contributed by atoms with Gasteiger partial charge in [-0.2, -0.15) is 0 Å². The molecule has 0 spiro atoms. The fourth-order valence-corrected chi connectivity index (χ4v) is 2.96. The molecule has 1 fully saturated rings. The van der Waals surface area contributed by atoms with Crippen LogP contribution in [-0.2, 0) is 4.79 Å². The minimum absolute atomic E-state index is 0.0608. The number of piperazine rings is 1. The third kappa shape index (κ3) is 7.02. The first-order chi connectivity index (χ1) is 12.8. The number of urea groups is 1. The molecule has 3 amide bonds. The van der Waals surface area contributed by atoms with E-state index in [0.29, 0.717) is 18.0 Å². The number of nitrogens with zero attached hydrogens (tertiary/aromatic N) is 2. The van der Waals surface area contributed by atoms with Crippen molar-refractivity contribution >= 4 is 23.4 Å². The molecule has 7 heteroatoms. The average molecular weight is 374 g/mol. The van der Waals surface area contributed by atoms with Gasteiger partial charge >= 0.3 is 6.03 Å². The highest BCUT2D eigenvalue weighted by Gasteiger charge is 2.20. The van der Waals surface area contributed by atoms with Gasteiger partial charge in [0, 0.05) is 44.0 Å². The van der Waals surface area contributed by atoms with Crippen molar-refractivity contribution in [1.29, 1.82) is 0 Å². The van der Waals surface area contributed by atoms with E-state index in [4.69, 9.17) is 0 Å². The first-order valence-corrected chi connectivity index (χ1v) is 9.51. The number of hydrogen-bond acceptors (Lipinski definition) is 5. The lowest BCUT2D eigenvalue weighted by Crippen LogP contribution is -2.51. The summed E-state index contributed by atoms with van der Waals surface area (Å²) in [6, 6.07) is 7.18. The maximum Gasteiger partial charge on any atom is 0.321 e. The van der Waals surface area contributed by atoms with Gasteiger partial charge < -0.3 is 10.2 Å². The molecule has 27 heavy (non-hydrogen) atoms. The van der Waals surface area contributed by atoms with Crippen LogP contribution < -0.4 is 15.5 Å². The maximum atomic E-state index is 12.0. The zero-order valence-corrected chi connectivity index (χ0v) is 16.5. The Morgan fingerprint density at radius 1 is 1.04 bits per heavy atom. The fourth-order valence-electron chi connectivity index (χ4n) is 2.96. The Morgan fingerprint density at radius 2 is 1.67 bits per heavy atom. The van der Waals surface area contributed by atoms with E-state index in [1.807, 2.05) is 29.2 Å². The third-order valence-corrected chi connectivity index (χ3v) is 4.64. The van der Waals surface area contributed by atoms with Gasteiger partial charge in [0.2, 0.25) is 5.91 Å². The Bertz CT molecular complexity index is 650. The maximum absolute atomic E-state index is 12.0. The Hall–Kier alpha value is -2.41. The Labute approximate surface area is 161 Å². The zero-order valence-electron chi connectivity index (χ0n) is 16.5. The molecule has 1 aromatic rings. The minimum Gasteiger partial charge on any atom is -0.369 e. The molecule has 2 N–H and O–H groups in total. The van der Waals surface area contributed by atoms with Crippen molar-refractivity contribution in [2.45, 2.75) is 27.2 Å². The molecular weight excluding hydrogens is 344 g/mol. The smallest absolute Gasteiger partial charge is 0.321 e. The number of carbonyl (C=O) groups is 3. The van der Waals surface area contributed by atoms with E-state index < -0.39 is 6.03 Å². The average Bonchev–Trinajstić information content (AvgIpc) is 2.62. The summed E-state index contributed by atoms with van der Waals surface area (Å²) in [4.78, 5) is 39.3. The molecule has 148 valence electrons. The van der Waals surface area contributed by atoms with Gasteiger partial charge in [-0.25, -0.2) is 4.79 Å². The standard InChI is InChI=1S/C20H30N4O3/c1-15(2)8-9-21-20(27)22-19(26)14-23-10-12-24(13-11-23)18-6-4-17(5-7-18)16(3)25/h4-7,15H,8-14H2,1-3H3,(H2,21,22,26,27). The highest BCUT2D eigenvalue weighted by Crippen LogP contribution is 2.17. The summed E-state index contributed by atoms with van der Waals surface area (Å²) in [5, 5.41) is 5.09. The molecule has 1 saturated heterocycles. The van der Waals surface area contributed by atoms with Crippen LogP contribution in [0, 0.1) is 5.92 Å². The molecule has 7 nitrogen and oxygen atoms in total. The zero-order chi connectivity index (χ0) is 19.8. The fraction of sp³-hybridized carbons (Fsp3) is 0.550. The number of benzene rings is 1.